The van der Waals surface area contributed by atoms with E-state index in [4.69, 9.17) is 0 Å². The third-order valence-corrected chi connectivity index (χ3v) is 2.62. The molecule has 0 aliphatic carbocycles. The Labute approximate surface area is 130 Å². The van der Waals surface area contributed by atoms with Crippen molar-refractivity contribution in [2.24, 2.45) is 10.7 Å². The van der Waals surface area contributed by atoms with E-state index < -0.39 is 0 Å². The fraction of sp³-hybridized carbons (Fsp3) is 0.294. The Bertz CT molecular complexity index is 578. The van der Waals surface area contributed by atoms with Gasteiger partial charge >= 0.3 is 0 Å². The maximum atomic E-state index is 11.6. The lowest BCUT2D eigenvalue weighted by atomic mass is 9.88. The van der Waals surface area contributed by atoms with E-state index >= 15 is 0 Å². The van der Waals surface area contributed by atoms with Crippen molar-refractivity contribution >= 4 is 11.5 Å². The summed E-state index contributed by atoms with van der Waals surface area (Å²) in [4.78, 5) is 25.1. The van der Waals surface area contributed by atoms with Crippen LogP contribution in [-0.2, 0) is 0 Å². The number of carbonyl (C=O) groups excluding carboxylic acids is 1. The minimum Gasteiger partial charge on any atom is -0.294 e. The minimum atomic E-state index is 0.0485. The van der Waals surface area contributed by atoms with Crippen molar-refractivity contribution in [1.82, 2.24) is 4.98 Å². The second-order valence-corrected chi connectivity index (χ2v) is 5.97. The van der Waals surface area contributed by atoms with Gasteiger partial charge in [-0.2, -0.15) is 0 Å². The quantitative estimate of drug-likeness (QED) is 0.513. The molecular formula is C17H21N3O2. The number of rotatable bonds is 4. The molecule has 0 saturated carbocycles. The van der Waals surface area contributed by atoms with E-state index in [1.165, 1.54) is 0 Å². The summed E-state index contributed by atoms with van der Waals surface area (Å²) in [5.41, 5.74) is 3.75. The minimum absolute atomic E-state index is 0.0485. The fourth-order valence-corrected chi connectivity index (χ4v) is 1.68. The highest BCUT2D eigenvalue weighted by Gasteiger charge is 2.16. The number of benzene rings is 1. The Kier molecular flexibility index (Phi) is 6.89. The Morgan fingerprint density at radius 3 is 2.32 bits per heavy atom. The van der Waals surface area contributed by atoms with Gasteiger partial charge in [-0.05, 0) is 29.7 Å². The van der Waals surface area contributed by atoms with Crippen molar-refractivity contribution in [3.8, 4) is 0 Å². The Balaban J connectivity index is 0.000000235. The molecule has 5 heteroatoms. The van der Waals surface area contributed by atoms with E-state index in [0.29, 0.717) is 17.7 Å². The molecule has 0 atom stereocenters. The lowest BCUT2D eigenvalue weighted by molar-refractivity contribution is 0.0939. The first-order valence-electron chi connectivity index (χ1n) is 6.99. The van der Waals surface area contributed by atoms with Crippen LogP contribution < -0.4 is 5.43 Å². The van der Waals surface area contributed by atoms with Gasteiger partial charge in [0.1, 0.15) is 0 Å². The van der Waals surface area contributed by atoms with Gasteiger partial charge in [0.05, 0.1) is 11.0 Å². The molecule has 0 saturated heterocycles. The van der Waals surface area contributed by atoms with Gasteiger partial charge in [0, 0.05) is 24.4 Å². The number of hydrogen-bond acceptors (Lipinski definition) is 4. The van der Waals surface area contributed by atoms with E-state index in [2.05, 4.69) is 36.5 Å². The van der Waals surface area contributed by atoms with Crippen LogP contribution in [0.2, 0.25) is 0 Å². The number of nitrogens with one attached hydrogen (secondary N) is 1. The SMILES string of the molecule is CC(C)(C)CC(=O)c1cccnc1.O=NNc1ccccc1. The third-order valence-electron chi connectivity index (χ3n) is 2.62. The van der Waals surface area contributed by atoms with Crippen molar-refractivity contribution < 1.29 is 4.79 Å². The van der Waals surface area contributed by atoms with Gasteiger partial charge in [0.25, 0.3) is 0 Å². The molecule has 116 valence electrons. The predicted molar refractivity (Wildman–Crippen MR) is 88.5 cm³/mol. The van der Waals surface area contributed by atoms with Crippen LogP contribution in [0.1, 0.15) is 37.6 Å². The maximum absolute atomic E-state index is 11.6. The zero-order valence-corrected chi connectivity index (χ0v) is 13.1. The number of aromatic nitrogens is 1. The predicted octanol–water partition coefficient (Wildman–Crippen LogP) is 4.48. The van der Waals surface area contributed by atoms with E-state index in [9.17, 15) is 9.70 Å². The number of ketones is 1. The summed E-state index contributed by atoms with van der Waals surface area (Å²) >= 11 is 0. The van der Waals surface area contributed by atoms with Crippen LogP contribution in [0.15, 0.2) is 60.1 Å². The molecule has 0 radical (unpaired) electrons. The smallest absolute Gasteiger partial charge is 0.164 e. The molecule has 0 spiro atoms. The molecule has 0 fully saturated rings. The van der Waals surface area contributed by atoms with E-state index in [1.54, 1.807) is 36.7 Å². The summed E-state index contributed by atoms with van der Waals surface area (Å²) in [6, 6.07) is 12.6. The number of nitroso groups, excluding NO2 is 1. The second-order valence-electron chi connectivity index (χ2n) is 5.97. The first kappa shape index (κ1) is 17.5. The number of carbonyl (C=O) groups is 1. The summed E-state index contributed by atoms with van der Waals surface area (Å²) in [5, 5.41) is 2.51. The van der Waals surface area contributed by atoms with Gasteiger partial charge < -0.3 is 0 Å². The van der Waals surface area contributed by atoms with Crippen LogP contribution in [0, 0.1) is 10.3 Å². The molecule has 1 N–H and O–H groups in total. The van der Waals surface area contributed by atoms with E-state index in [0.717, 1.165) is 0 Å². The van der Waals surface area contributed by atoms with Crippen molar-refractivity contribution in [3.05, 3.63) is 65.3 Å². The molecule has 1 aromatic heterocycles. The van der Waals surface area contributed by atoms with Gasteiger partial charge in [0.2, 0.25) is 0 Å². The van der Waals surface area contributed by atoms with E-state index in [1.807, 2.05) is 18.2 Å². The summed E-state index contributed by atoms with van der Waals surface area (Å²) in [6.45, 7) is 6.17. The number of Topliss-reactive ketones (excluding diaryl/α,β-unsaturated/α-hetero) is 1. The van der Waals surface area contributed by atoms with Crippen molar-refractivity contribution in [2.75, 3.05) is 5.43 Å². The number of anilines is 1. The topological polar surface area (TPSA) is 71.4 Å². The molecule has 0 unspecified atom stereocenters. The largest absolute Gasteiger partial charge is 0.294 e. The molecule has 2 rings (SSSR count). The molecule has 22 heavy (non-hydrogen) atoms. The second kappa shape index (κ2) is 8.67. The third kappa shape index (κ3) is 7.28. The highest BCUT2D eigenvalue weighted by Crippen LogP contribution is 2.20. The fourth-order valence-electron chi connectivity index (χ4n) is 1.68. The van der Waals surface area contributed by atoms with Crippen LogP contribution in [-0.4, -0.2) is 10.8 Å². The highest BCUT2D eigenvalue weighted by molar-refractivity contribution is 5.96. The molecule has 0 bridgehead atoms. The summed E-state index contributed by atoms with van der Waals surface area (Å²) in [7, 11) is 0. The van der Waals surface area contributed by atoms with Gasteiger partial charge in [-0.25, -0.2) is 5.43 Å². The highest BCUT2D eigenvalue weighted by atomic mass is 16.3. The Hall–Kier alpha value is -2.56. The summed E-state index contributed by atoms with van der Waals surface area (Å²) in [5.74, 6) is 0.167. The summed E-state index contributed by atoms with van der Waals surface area (Å²) in [6.07, 6.45) is 3.86. The standard InChI is InChI=1S/C11H15NO.C6H6N2O/c1-11(2,3)7-10(13)9-5-4-6-12-8-9;9-8-7-6-4-2-1-3-5-6/h4-6,8H,7H2,1-3H3;1-5H,(H,7,9). The lowest BCUT2D eigenvalue weighted by Crippen LogP contribution is -2.13. The monoisotopic (exact) mass is 299 g/mol. The first-order chi connectivity index (χ1) is 10.4. The number of pyridine rings is 1. The molecule has 2 aromatic rings. The number of nitrogens with zero attached hydrogens (tertiary/aromatic N) is 2. The van der Waals surface area contributed by atoms with Gasteiger partial charge in [-0.15, -0.1) is 4.91 Å². The van der Waals surface area contributed by atoms with Crippen molar-refractivity contribution in [2.45, 2.75) is 27.2 Å². The van der Waals surface area contributed by atoms with Crippen LogP contribution in [0.4, 0.5) is 5.69 Å². The van der Waals surface area contributed by atoms with Gasteiger partial charge in [0.15, 0.2) is 5.78 Å². The maximum Gasteiger partial charge on any atom is 0.164 e. The molecule has 5 nitrogen and oxygen atoms in total. The van der Waals surface area contributed by atoms with Crippen LogP contribution in [0.3, 0.4) is 0 Å². The average molecular weight is 299 g/mol. The zero-order valence-electron chi connectivity index (χ0n) is 13.1. The van der Waals surface area contributed by atoms with E-state index in [-0.39, 0.29) is 11.2 Å². The molecule has 1 aromatic carbocycles. The molecule has 0 amide bonds. The lowest BCUT2D eigenvalue weighted by Gasteiger charge is -2.16. The summed E-state index contributed by atoms with van der Waals surface area (Å²) < 4.78 is 0. The number of hydrogen-bond donors (Lipinski definition) is 1. The zero-order chi connectivity index (χ0) is 16.4. The number of para-hydroxylation sites is 1. The van der Waals surface area contributed by atoms with Crippen LogP contribution in [0.25, 0.3) is 0 Å². The van der Waals surface area contributed by atoms with Crippen LogP contribution >= 0.6 is 0 Å². The first-order valence-corrected chi connectivity index (χ1v) is 6.99. The Morgan fingerprint density at radius 1 is 1.14 bits per heavy atom. The van der Waals surface area contributed by atoms with Crippen LogP contribution in [0.5, 0.6) is 0 Å². The van der Waals surface area contributed by atoms with Crippen molar-refractivity contribution in [3.63, 3.8) is 0 Å². The normalized spacial score (nSPS) is 10.1. The molecule has 0 aliphatic rings. The van der Waals surface area contributed by atoms with Crippen molar-refractivity contribution in [1.29, 1.82) is 0 Å². The average Bonchev–Trinajstić information content (AvgIpc) is 2.49. The van der Waals surface area contributed by atoms with Gasteiger partial charge in [-0.1, -0.05) is 39.0 Å². The Morgan fingerprint density at radius 2 is 1.82 bits per heavy atom. The molecular weight excluding hydrogens is 278 g/mol. The molecule has 0 aliphatic heterocycles. The molecule has 1 heterocycles. The van der Waals surface area contributed by atoms with Gasteiger partial charge in [-0.3, -0.25) is 9.78 Å².